The van der Waals surface area contributed by atoms with Gasteiger partial charge < -0.3 is 4.74 Å². The summed E-state index contributed by atoms with van der Waals surface area (Å²) in [5, 5.41) is 12.5. The second-order valence-electron chi connectivity index (χ2n) is 6.19. The number of nitrogens with one attached hydrogen (secondary N) is 1. The molecule has 0 spiro atoms. The van der Waals surface area contributed by atoms with Crippen LogP contribution >= 0.6 is 11.3 Å². The van der Waals surface area contributed by atoms with Crippen molar-refractivity contribution in [1.29, 1.82) is 5.26 Å². The number of methoxy groups -OCH3 is 1. The molecule has 0 aliphatic heterocycles. The molecule has 0 fully saturated rings. The van der Waals surface area contributed by atoms with Gasteiger partial charge in [0.15, 0.2) is 5.13 Å². The molecule has 140 valence electrons. The zero-order valence-corrected chi connectivity index (χ0v) is 16.4. The first-order chi connectivity index (χ1) is 13.6. The third kappa shape index (κ3) is 5.06. The van der Waals surface area contributed by atoms with Gasteiger partial charge in [0.05, 0.1) is 7.11 Å². The van der Waals surface area contributed by atoms with Crippen LogP contribution in [0.15, 0.2) is 60.3 Å². The highest BCUT2D eigenvalue weighted by molar-refractivity contribution is 7.15. The Morgan fingerprint density at radius 2 is 1.93 bits per heavy atom. The van der Waals surface area contributed by atoms with Crippen molar-refractivity contribution in [3.63, 3.8) is 0 Å². The summed E-state index contributed by atoms with van der Waals surface area (Å²) in [5.74, 6) is 0.235. The first kappa shape index (κ1) is 19.3. The second-order valence-corrected chi connectivity index (χ2v) is 7.31. The zero-order chi connectivity index (χ0) is 19.9. The number of aryl methyl sites for hydroxylation is 1. The van der Waals surface area contributed by atoms with Crippen molar-refractivity contribution in [2.24, 2.45) is 0 Å². The average molecular weight is 389 g/mol. The average Bonchev–Trinajstić information content (AvgIpc) is 3.15. The number of thiazole rings is 1. The maximum Gasteiger partial charge on any atom is 0.268 e. The number of rotatable bonds is 6. The summed E-state index contributed by atoms with van der Waals surface area (Å²) in [6.07, 6.45) is 4.04. The van der Waals surface area contributed by atoms with Crippen molar-refractivity contribution in [3.8, 4) is 11.8 Å². The molecule has 0 aliphatic rings. The van der Waals surface area contributed by atoms with Crippen molar-refractivity contribution < 1.29 is 9.53 Å². The molecule has 28 heavy (non-hydrogen) atoms. The van der Waals surface area contributed by atoms with Crippen LogP contribution < -0.4 is 10.1 Å². The summed E-state index contributed by atoms with van der Waals surface area (Å²) in [6, 6.07) is 17.4. The number of nitrogens with zero attached hydrogens (tertiary/aromatic N) is 2. The highest BCUT2D eigenvalue weighted by atomic mass is 32.1. The van der Waals surface area contributed by atoms with Crippen molar-refractivity contribution >= 4 is 28.5 Å². The Kier molecular flexibility index (Phi) is 6.20. The van der Waals surface area contributed by atoms with Crippen molar-refractivity contribution in [3.05, 3.63) is 81.9 Å². The maximum absolute atomic E-state index is 12.4. The standard InChI is InChI=1S/C22H19N3O2S/c1-15-3-5-17(6-4-15)12-20-14-24-22(28-20)25-21(26)18(13-23)11-16-7-9-19(27-2)10-8-16/h3-11,14H,12H2,1-2H3,(H,24,25,26)/b18-11-. The van der Waals surface area contributed by atoms with E-state index in [9.17, 15) is 10.1 Å². The topological polar surface area (TPSA) is 75.0 Å². The van der Waals surface area contributed by atoms with Crippen LogP contribution in [0.25, 0.3) is 6.08 Å². The van der Waals surface area contributed by atoms with Gasteiger partial charge in [0, 0.05) is 17.5 Å². The molecule has 1 heterocycles. The fourth-order valence-corrected chi connectivity index (χ4v) is 3.38. The van der Waals surface area contributed by atoms with Gasteiger partial charge in [-0.05, 0) is 36.3 Å². The van der Waals surface area contributed by atoms with E-state index in [-0.39, 0.29) is 5.57 Å². The Morgan fingerprint density at radius 1 is 1.21 bits per heavy atom. The number of anilines is 1. The number of aromatic nitrogens is 1. The van der Waals surface area contributed by atoms with E-state index in [1.165, 1.54) is 28.5 Å². The quantitative estimate of drug-likeness (QED) is 0.494. The summed E-state index contributed by atoms with van der Waals surface area (Å²) in [6.45, 7) is 2.05. The van der Waals surface area contributed by atoms with Crippen LogP contribution in [0, 0.1) is 18.3 Å². The van der Waals surface area contributed by atoms with E-state index in [1.54, 1.807) is 37.6 Å². The van der Waals surface area contributed by atoms with Crippen LogP contribution in [0.1, 0.15) is 21.6 Å². The van der Waals surface area contributed by atoms with Crippen LogP contribution in [0.2, 0.25) is 0 Å². The minimum Gasteiger partial charge on any atom is -0.497 e. The van der Waals surface area contributed by atoms with Gasteiger partial charge >= 0.3 is 0 Å². The van der Waals surface area contributed by atoms with Gasteiger partial charge in [-0.2, -0.15) is 5.26 Å². The van der Waals surface area contributed by atoms with Gasteiger partial charge in [0.1, 0.15) is 17.4 Å². The lowest BCUT2D eigenvalue weighted by Gasteiger charge is -2.02. The van der Waals surface area contributed by atoms with E-state index in [0.29, 0.717) is 10.9 Å². The molecule has 1 amide bonds. The highest BCUT2D eigenvalue weighted by Gasteiger charge is 2.12. The maximum atomic E-state index is 12.4. The van der Waals surface area contributed by atoms with Gasteiger partial charge in [-0.25, -0.2) is 4.98 Å². The molecule has 6 heteroatoms. The lowest BCUT2D eigenvalue weighted by atomic mass is 10.1. The van der Waals surface area contributed by atoms with E-state index < -0.39 is 5.91 Å². The van der Waals surface area contributed by atoms with E-state index in [2.05, 4.69) is 41.5 Å². The molecule has 1 N–H and O–H groups in total. The molecule has 0 atom stereocenters. The van der Waals surface area contributed by atoms with Crippen LogP contribution in [0.5, 0.6) is 5.75 Å². The molecule has 0 saturated carbocycles. The molecule has 5 nitrogen and oxygen atoms in total. The van der Waals surface area contributed by atoms with E-state index in [4.69, 9.17) is 4.74 Å². The van der Waals surface area contributed by atoms with Crippen LogP contribution in [0.3, 0.4) is 0 Å². The molecule has 1 aromatic heterocycles. The summed E-state index contributed by atoms with van der Waals surface area (Å²) in [5.41, 5.74) is 3.16. The number of ether oxygens (including phenoxy) is 1. The van der Waals surface area contributed by atoms with Crippen LogP contribution in [0.4, 0.5) is 5.13 Å². The number of nitriles is 1. The van der Waals surface area contributed by atoms with Gasteiger partial charge in [0.25, 0.3) is 5.91 Å². The molecule has 3 rings (SSSR count). The molecule has 2 aromatic carbocycles. The summed E-state index contributed by atoms with van der Waals surface area (Å²) in [7, 11) is 1.58. The molecule has 0 bridgehead atoms. The predicted octanol–water partition coefficient (Wildman–Crippen LogP) is 4.60. The number of carbonyl (C=O) groups is 1. The highest BCUT2D eigenvalue weighted by Crippen LogP contribution is 2.22. The summed E-state index contributed by atoms with van der Waals surface area (Å²) < 4.78 is 5.11. The third-order valence-corrected chi connectivity index (χ3v) is 4.98. The van der Waals surface area contributed by atoms with E-state index in [0.717, 1.165) is 16.9 Å². The van der Waals surface area contributed by atoms with Crippen molar-refractivity contribution in [1.82, 2.24) is 4.98 Å². The fourth-order valence-electron chi connectivity index (χ4n) is 2.53. The molecule has 3 aromatic rings. The molecular weight excluding hydrogens is 370 g/mol. The Morgan fingerprint density at radius 3 is 2.57 bits per heavy atom. The number of amides is 1. The fraction of sp³-hybridized carbons (Fsp3) is 0.136. The number of hydrogen-bond donors (Lipinski definition) is 1. The monoisotopic (exact) mass is 389 g/mol. The molecule has 0 unspecified atom stereocenters. The van der Waals surface area contributed by atoms with Gasteiger partial charge in [-0.3, -0.25) is 10.1 Å². The summed E-state index contributed by atoms with van der Waals surface area (Å²) in [4.78, 5) is 17.7. The minimum atomic E-state index is -0.477. The smallest absolute Gasteiger partial charge is 0.268 e. The second kappa shape index (κ2) is 8.98. The van der Waals surface area contributed by atoms with Gasteiger partial charge in [0.2, 0.25) is 0 Å². The predicted molar refractivity (Wildman–Crippen MR) is 111 cm³/mol. The number of hydrogen-bond acceptors (Lipinski definition) is 5. The van der Waals surface area contributed by atoms with Crippen LogP contribution in [-0.4, -0.2) is 18.0 Å². The Balaban J connectivity index is 1.67. The lowest BCUT2D eigenvalue weighted by Crippen LogP contribution is -2.13. The third-order valence-electron chi connectivity index (χ3n) is 4.06. The Bertz CT molecular complexity index is 1030. The normalized spacial score (nSPS) is 11.0. The summed E-state index contributed by atoms with van der Waals surface area (Å²) >= 11 is 1.40. The SMILES string of the molecule is COc1ccc(/C=C(/C#N)C(=O)Nc2ncc(Cc3ccc(C)cc3)s2)cc1. The minimum absolute atomic E-state index is 0.0143. The van der Waals surface area contributed by atoms with E-state index in [1.807, 2.05) is 6.07 Å². The lowest BCUT2D eigenvalue weighted by molar-refractivity contribution is -0.112. The van der Waals surface area contributed by atoms with Gasteiger partial charge in [-0.15, -0.1) is 11.3 Å². The van der Waals surface area contributed by atoms with E-state index >= 15 is 0 Å². The Labute approximate surface area is 167 Å². The first-order valence-corrected chi connectivity index (χ1v) is 9.46. The van der Waals surface area contributed by atoms with Crippen molar-refractivity contribution in [2.45, 2.75) is 13.3 Å². The largest absolute Gasteiger partial charge is 0.497 e. The molecular formula is C22H19N3O2S. The molecule has 0 radical (unpaired) electrons. The van der Waals surface area contributed by atoms with Gasteiger partial charge in [-0.1, -0.05) is 42.0 Å². The van der Waals surface area contributed by atoms with Crippen LogP contribution in [-0.2, 0) is 11.2 Å². The first-order valence-electron chi connectivity index (χ1n) is 8.65. The number of carbonyl (C=O) groups excluding carboxylic acids is 1. The Hall–Kier alpha value is -3.43. The van der Waals surface area contributed by atoms with Crippen molar-refractivity contribution in [2.75, 3.05) is 12.4 Å². The zero-order valence-electron chi connectivity index (χ0n) is 15.6. The molecule has 0 saturated heterocycles. The molecule has 0 aliphatic carbocycles. The number of benzene rings is 2.